The molecule has 0 bridgehead atoms. The third kappa shape index (κ3) is 5.47. The first-order valence-corrected chi connectivity index (χ1v) is 6.39. The molecule has 0 radical (unpaired) electrons. The second-order valence-corrected chi connectivity index (χ2v) is 5.37. The Morgan fingerprint density at radius 3 is 2.39 bits per heavy atom. The molecule has 4 heteroatoms. The van der Waals surface area contributed by atoms with Crippen molar-refractivity contribution >= 4 is 17.2 Å². The van der Waals surface area contributed by atoms with Gasteiger partial charge in [0.15, 0.2) is 0 Å². The van der Waals surface area contributed by atoms with Crippen molar-refractivity contribution in [2.24, 2.45) is 5.73 Å². The highest BCUT2D eigenvalue weighted by Crippen LogP contribution is 2.16. The van der Waals surface area contributed by atoms with E-state index in [2.05, 4.69) is 0 Å². The molecule has 100 valence electrons. The molecule has 0 spiro atoms. The highest BCUT2D eigenvalue weighted by atomic mass is 32.1. The monoisotopic (exact) mass is 267 g/mol. The van der Waals surface area contributed by atoms with E-state index in [1.165, 1.54) is 0 Å². The lowest BCUT2D eigenvalue weighted by molar-refractivity contribution is 0.00545. The summed E-state index contributed by atoms with van der Waals surface area (Å²) in [6.07, 6.45) is 1.48. The van der Waals surface area contributed by atoms with Gasteiger partial charge in [-0.25, -0.2) is 0 Å². The fourth-order valence-corrected chi connectivity index (χ4v) is 1.59. The van der Waals surface area contributed by atoms with Crippen LogP contribution in [-0.4, -0.2) is 24.3 Å². The van der Waals surface area contributed by atoms with E-state index in [-0.39, 0.29) is 5.60 Å². The summed E-state index contributed by atoms with van der Waals surface area (Å²) in [5.74, 6) is 0.855. The average Bonchev–Trinajstić information content (AvgIpc) is 2.30. The van der Waals surface area contributed by atoms with Crippen molar-refractivity contribution in [2.75, 3.05) is 13.7 Å². The summed E-state index contributed by atoms with van der Waals surface area (Å²) in [4.78, 5) is 0.505. The molecule has 0 aliphatic rings. The number of benzene rings is 1. The number of nitrogens with two attached hydrogens (primary N) is 1. The third-order valence-electron chi connectivity index (χ3n) is 2.83. The van der Waals surface area contributed by atoms with Gasteiger partial charge < -0.3 is 15.2 Å². The number of thiocarbonyl (C=S) groups is 1. The minimum absolute atomic E-state index is 0.147. The van der Waals surface area contributed by atoms with Gasteiger partial charge in [-0.3, -0.25) is 0 Å². The van der Waals surface area contributed by atoms with Crippen molar-refractivity contribution < 1.29 is 9.47 Å². The first-order valence-electron chi connectivity index (χ1n) is 5.98. The molecule has 0 unspecified atom stereocenters. The predicted octanol–water partition coefficient (Wildman–Crippen LogP) is 2.71. The predicted molar refractivity (Wildman–Crippen MR) is 78.1 cm³/mol. The minimum atomic E-state index is -0.147. The Morgan fingerprint density at radius 2 is 1.89 bits per heavy atom. The second kappa shape index (κ2) is 6.71. The molecular formula is C14H21NO2S. The van der Waals surface area contributed by atoms with E-state index in [0.717, 1.165) is 17.7 Å². The van der Waals surface area contributed by atoms with E-state index >= 15 is 0 Å². The molecule has 0 aliphatic carbocycles. The number of hydrogen-bond donors (Lipinski definition) is 1. The number of methoxy groups -OCH3 is 1. The molecule has 0 aliphatic heterocycles. The maximum absolute atomic E-state index is 5.66. The Balaban J connectivity index is 2.42. The normalized spacial score (nSPS) is 11.3. The summed E-state index contributed by atoms with van der Waals surface area (Å²) in [6.45, 7) is 4.72. The lowest BCUT2D eigenvalue weighted by atomic mass is 10.1. The number of hydrogen-bond acceptors (Lipinski definition) is 3. The fraction of sp³-hybridized carbons (Fsp3) is 0.500. The molecule has 2 N–H and O–H groups in total. The summed E-state index contributed by atoms with van der Waals surface area (Å²) in [6, 6.07) is 7.84. The number of rotatable bonds is 7. The molecule has 0 saturated heterocycles. The van der Waals surface area contributed by atoms with Crippen molar-refractivity contribution in [3.8, 4) is 5.75 Å². The molecule has 3 nitrogen and oxygen atoms in total. The molecule has 0 amide bonds. The molecular weight excluding hydrogens is 246 g/mol. The molecule has 0 aromatic heterocycles. The van der Waals surface area contributed by atoms with E-state index in [1.54, 1.807) is 7.11 Å². The summed E-state index contributed by atoms with van der Waals surface area (Å²) in [7, 11) is 1.71. The lowest BCUT2D eigenvalue weighted by Crippen LogP contribution is -2.25. The van der Waals surface area contributed by atoms with Crippen LogP contribution in [0.25, 0.3) is 0 Å². The Hall–Kier alpha value is -1.13. The Kier molecular flexibility index (Phi) is 5.56. The van der Waals surface area contributed by atoms with Crippen LogP contribution >= 0.6 is 12.2 Å². The summed E-state index contributed by atoms with van der Waals surface area (Å²) >= 11 is 4.87. The van der Waals surface area contributed by atoms with Crippen molar-refractivity contribution in [1.29, 1.82) is 0 Å². The Morgan fingerprint density at radius 1 is 1.28 bits per heavy atom. The van der Waals surface area contributed by atoms with E-state index in [4.69, 9.17) is 27.4 Å². The molecule has 0 saturated carbocycles. The van der Waals surface area contributed by atoms with Gasteiger partial charge in [-0.1, -0.05) is 24.4 Å². The van der Waals surface area contributed by atoms with Crippen LogP contribution in [0.3, 0.4) is 0 Å². The van der Waals surface area contributed by atoms with Gasteiger partial charge in [0.05, 0.1) is 17.2 Å². The van der Waals surface area contributed by atoms with Crippen LogP contribution in [0.1, 0.15) is 25.8 Å². The van der Waals surface area contributed by atoms with Crippen molar-refractivity contribution in [3.05, 3.63) is 29.8 Å². The second-order valence-electron chi connectivity index (χ2n) is 4.85. The highest BCUT2D eigenvalue weighted by molar-refractivity contribution is 7.80. The molecule has 1 rings (SSSR count). The maximum Gasteiger partial charge on any atom is 0.119 e. The van der Waals surface area contributed by atoms with Crippen molar-refractivity contribution in [2.45, 2.75) is 32.3 Å². The fourth-order valence-electron chi connectivity index (χ4n) is 1.42. The van der Waals surface area contributed by atoms with Crippen LogP contribution in [-0.2, 0) is 11.2 Å². The van der Waals surface area contributed by atoms with Gasteiger partial charge in [0.25, 0.3) is 0 Å². The van der Waals surface area contributed by atoms with Crippen molar-refractivity contribution in [3.63, 3.8) is 0 Å². The first-order chi connectivity index (χ1) is 8.43. The summed E-state index contributed by atoms with van der Waals surface area (Å²) in [5, 5.41) is 0. The van der Waals surface area contributed by atoms with Gasteiger partial charge in [-0.05, 0) is 31.5 Å². The number of ether oxygens (including phenoxy) is 2. The van der Waals surface area contributed by atoms with Gasteiger partial charge in [0.2, 0.25) is 0 Å². The van der Waals surface area contributed by atoms with E-state index in [9.17, 15) is 0 Å². The molecule has 1 aromatic rings. The molecule has 0 atom stereocenters. The standard InChI is InChI=1S/C14H21NO2S/c1-14(2,16-3)8-9-17-12-6-4-11(5-7-12)10-13(15)18/h4-7H,8-10H2,1-3H3,(H2,15,18). The third-order valence-corrected chi connectivity index (χ3v) is 2.97. The summed E-state index contributed by atoms with van der Waals surface area (Å²) < 4.78 is 11.0. The molecule has 0 heterocycles. The van der Waals surface area contributed by atoms with E-state index in [0.29, 0.717) is 18.0 Å². The largest absolute Gasteiger partial charge is 0.493 e. The topological polar surface area (TPSA) is 44.5 Å². The Bertz CT molecular complexity index is 387. The van der Waals surface area contributed by atoms with Gasteiger partial charge in [-0.2, -0.15) is 0 Å². The zero-order valence-electron chi connectivity index (χ0n) is 11.2. The highest BCUT2D eigenvalue weighted by Gasteiger charge is 2.15. The smallest absolute Gasteiger partial charge is 0.119 e. The summed E-state index contributed by atoms with van der Waals surface area (Å²) in [5.41, 5.74) is 6.45. The van der Waals surface area contributed by atoms with E-state index < -0.39 is 0 Å². The minimum Gasteiger partial charge on any atom is -0.493 e. The molecule has 0 fully saturated rings. The van der Waals surface area contributed by atoms with Crippen LogP contribution in [0.2, 0.25) is 0 Å². The maximum atomic E-state index is 5.66. The van der Waals surface area contributed by atoms with Crippen LogP contribution < -0.4 is 10.5 Å². The Labute approximate surface area is 114 Å². The van der Waals surface area contributed by atoms with Gasteiger partial charge in [0, 0.05) is 20.0 Å². The lowest BCUT2D eigenvalue weighted by Gasteiger charge is -2.22. The van der Waals surface area contributed by atoms with Crippen LogP contribution in [0.4, 0.5) is 0 Å². The van der Waals surface area contributed by atoms with Crippen molar-refractivity contribution in [1.82, 2.24) is 0 Å². The van der Waals surface area contributed by atoms with Gasteiger partial charge >= 0.3 is 0 Å². The van der Waals surface area contributed by atoms with Gasteiger partial charge in [-0.15, -0.1) is 0 Å². The zero-order chi connectivity index (χ0) is 13.6. The van der Waals surface area contributed by atoms with Crippen LogP contribution in [0, 0.1) is 0 Å². The van der Waals surface area contributed by atoms with Gasteiger partial charge in [0.1, 0.15) is 5.75 Å². The molecule has 1 aromatic carbocycles. The SMILES string of the molecule is COC(C)(C)CCOc1ccc(CC(N)=S)cc1. The average molecular weight is 267 g/mol. The van der Waals surface area contributed by atoms with Crippen LogP contribution in [0.5, 0.6) is 5.75 Å². The zero-order valence-corrected chi connectivity index (χ0v) is 12.0. The molecule has 18 heavy (non-hydrogen) atoms. The van der Waals surface area contributed by atoms with E-state index in [1.807, 2.05) is 38.1 Å². The first kappa shape index (κ1) is 14.9. The quantitative estimate of drug-likeness (QED) is 0.772. The van der Waals surface area contributed by atoms with Crippen LogP contribution in [0.15, 0.2) is 24.3 Å².